The van der Waals surface area contributed by atoms with Gasteiger partial charge in [0, 0.05) is 25.7 Å². The van der Waals surface area contributed by atoms with Crippen LogP contribution >= 0.6 is 0 Å². The van der Waals surface area contributed by atoms with Crippen molar-refractivity contribution in [2.75, 3.05) is 26.2 Å². The quantitative estimate of drug-likeness (QED) is 0.836. The van der Waals surface area contributed by atoms with Crippen molar-refractivity contribution >= 4 is 0 Å². The van der Waals surface area contributed by atoms with E-state index in [-0.39, 0.29) is 0 Å². The van der Waals surface area contributed by atoms with Crippen molar-refractivity contribution in [1.82, 2.24) is 4.90 Å². The van der Waals surface area contributed by atoms with Gasteiger partial charge in [-0.2, -0.15) is 0 Å². The van der Waals surface area contributed by atoms with E-state index in [0.717, 1.165) is 44.8 Å². The third kappa shape index (κ3) is 3.94. The molecule has 1 saturated carbocycles. The van der Waals surface area contributed by atoms with E-state index in [0.29, 0.717) is 17.6 Å². The molecular weight excluding hydrogens is 224 g/mol. The Balaban J connectivity index is 1.53. The fraction of sp³-hybridized carbons (Fsp3) is 1.00. The lowest BCUT2D eigenvalue weighted by molar-refractivity contribution is -0.0251. The zero-order valence-corrected chi connectivity index (χ0v) is 12.3. The highest BCUT2D eigenvalue weighted by Crippen LogP contribution is 2.33. The summed E-state index contributed by atoms with van der Waals surface area (Å²) >= 11 is 0. The molecule has 2 aliphatic rings. The Hall–Kier alpha value is -0.120. The van der Waals surface area contributed by atoms with Crippen molar-refractivity contribution in [2.24, 2.45) is 17.1 Å². The number of likely N-dealkylation sites (tertiary alicyclic amines) is 1. The molecule has 0 aromatic heterocycles. The molecule has 2 fully saturated rings. The van der Waals surface area contributed by atoms with Crippen molar-refractivity contribution in [2.45, 2.75) is 58.6 Å². The molecule has 0 aromatic carbocycles. The highest BCUT2D eigenvalue weighted by molar-refractivity contribution is 4.87. The lowest BCUT2D eigenvalue weighted by atomic mass is 9.76. The van der Waals surface area contributed by atoms with E-state index in [9.17, 15) is 0 Å². The predicted molar refractivity (Wildman–Crippen MR) is 75.6 cm³/mol. The van der Waals surface area contributed by atoms with Gasteiger partial charge in [0.1, 0.15) is 0 Å². The monoisotopic (exact) mass is 254 g/mol. The van der Waals surface area contributed by atoms with Gasteiger partial charge in [-0.15, -0.1) is 0 Å². The number of nitrogens with zero attached hydrogens (tertiary/aromatic N) is 1. The fourth-order valence-electron chi connectivity index (χ4n) is 2.90. The fourth-order valence-corrected chi connectivity index (χ4v) is 2.90. The zero-order chi connectivity index (χ0) is 13.2. The molecule has 3 heteroatoms. The maximum Gasteiger partial charge on any atom is 0.0597 e. The van der Waals surface area contributed by atoms with Gasteiger partial charge < -0.3 is 15.4 Å². The molecular formula is C15H30N2O. The van der Waals surface area contributed by atoms with E-state index in [1.165, 1.54) is 13.1 Å². The SMILES string of the molecule is CC(C)(C)C1CN(CCOC2CCC(N)CC2)C1. The first-order valence-electron chi connectivity index (χ1n) is 7.54. The molecule has 18 heavy (non-hydrogen) atoms. The topological polar surface area (TPSA) is 38.5 Å². The van der Waals surface area contributed by atoms with Crippen LogP contribution in [0.5, 0.6) is 0 Å². The van der Waals surface area contributed by atoms with E-state index in [4.69, 9.17) is 10.5 Å². The molecule has 2 N–H and O–H groups in total. The predicted octanol–water partition coefficient (Wildman–Crippen LogP) is 2.25. The highest BCUT2D eigenvalue weighted by atomic mass is 16.5. The Morgan fingerprint density at radius 2 is 1.72 bits per heavy atom. The summed E-state index contributed by atoms with van der Waals surface area (Å²) in [6.45, 7) is 11.5. The van der Waals surface area contributed by atoms with Crippen molar-refractivity contribution < 1.29 is 4.74 Å². The molecule has 1 saturated heterocycles. The van der Waals surface area contributed by atoms with Crippen LogP contribution in [0.15, 0.2) is 0 Å². The van der Waals surface area contributed by atoms with Crippen molar-refractivity contribution in [3.8, 4) is 0 Å². The second kappa shape index (κ2) is 5.89. The molecule has 1 heterocycles. The highest BCUT2D eigenvalue weighted by Gasteiger charge is 2.35. The summed E-state index contributed by atoms with van der Waals surface area (Å²) in [7, 11) is 0. The first kappa shape index (κ1) is 14.3. The minimum atomic E-state index is 0.424. The summed E-state index contributed by atoms with van der Waals surface area (Å²) in [5.74, 6) is 0.866. The average molecular weight is 254 g/mol. The normalized spacial score (nSPS) is 31.3. The summed E-state index contributed by atoms with van der Waals surface area (Å²) in [6.07, 6.45) is 5.07. The third-order valence-electron chi connectivity index (χ3n) is 4.66. The van der Waals surface area contributed by atoms with Crippen molar-refractivity contribution in [3.05, 3.63) is 0 Å². The zero-order valence-electron chi connectivity index (χ0n) is 12.3. The van der Waals surface area contributed by atoms with Crippen molar-refractivity contribution in [3.63, 3.8) is 0 Å². The Morgan fingerprint density at radius 1 is 1.11 bits per heavy atom. The number of hydrogen-bond donors (Lipinski definition) is 1. The van der Waals surface area contributed by atoms with E-state index in [1.54, 1.807) is 0 Å². The van der Waals surface area contributed by atoms with E-state index < -0.39 is 0 Å². The Bertz CT molecular complexity index is 248. The number of hydrogen-bond acceptors (Lipinski definition) is 3. The van der Waals surface area contributed by atoms with Crippen LogP contribution in [0.1, 0.15) is 46.5 Å². The lowest BCUT2D eigenvalue weighted by Crippen LogP contribution is -2.53. The molecule has 1 aliphatic carbocycles. The van der Waals surface area contributed by atoms with E-state index in [1.807, 2.05) is 0 Å². The molecule has 0 bridgehead atoms. The van der Waals surface area contributed by atoms with Gasteiger partial charge in [0.15, 0.2) is 0 Å². The van der Waals surface area contributed by atoms with Crippen LogP contribution in [0.3, 0.4) is 0 Å². The first-order valence-corrected chi connectivity index (χ1v) is 7.54. The standard InChI is InChI=1S/C15H30N2O/c1-15(2,3)12-10-17(11-12)8-9-18-14-6-4-13(16)5-7-14/h12-14H,4-11,16H2,1-3H3. The van der Waals surface area contributed by atoms with Gasteiger partial charge in [0.25, 0.3) is 0 Å². The van der Waals surface area contributed by atoms with Gasteiger partial charge in [-0.25, -0.2) is 0 Å². The molecule has 0 unspecified atom stereocenters. The molecule has 3 nitrogen and oxygen atoms in total. The molecule has 0 atom stereocenters. The second-order valence-corrected chi connectivity index (χ2v) is 7.23. The number of ether oxygens (including phenoxy) is 1. The second-order valence-electron chi connectivity index (χ2n) is 7.23. The summed E-state index contributed by atoms with van der Waals surface area (Å²) in [4.78, 5) is 2.52. The maximum absolute atomic E-state index is 5.96. The Morgan fingerprint density at radius 3 is 2.28 bits per heavy atom. The van der Waals surface area contributed by atoms with Crippen LogP contribution in [0.2, 0.25) is 0 Å². The summed E-state index contributed by atoms with van der Waals surface area (Å²) in [5.41, 5.74) is 6.37. The molecule has 0 spiro atoms. The third-order valence-corrected chi connectivity index (χ3v) is 4.66. The van der Waals surface area contributed by atoms with Gasteiger partial charge in [-0.05, 0) is 37.0 Å². The van der Waals surface area contributed by atoms with Crippen LogP contribution in [0, 0.1) is 11.3 Å². The van der Waals surface area contributed by atoms with Crippen LogP contribution in [-0.4, -0.2) is 43.3 Å². The molecule has 0 amide bonds. The minimum absolute atomic E-state index is 0.424. The molecule has 0 aromatic rings. The summed E-state index contributed by atoms with van der Waals surface area (Å²) in [6, 6.07) is 0.424. The average Bonchev–Trinajstić information content (AvgIpc) is 2.22. The van der Waals surface area contributed by atoms with Gasteiger partial charge in [-0.1, -0.05) is 20.8 Å². The molecule has 1 aliphatic heterocycles. The van der Waals surface area contributed by atoms with Crippen LogP contribution in [0.25, 0.3) is 0 Å². The summed E-state index contributed by atoms with van der Waals surface area (Å²) in [5, 5.41) is 0. The van der Waals surface area contributed by atoms with Crippen molar-refractivity contribution in [1.29, 1.82) is 0 Å². The molecule has 0 radical (unpaired) electrons. The van der Waals surface area contributed by atoms with Gasteiger partial charge in [0.2, 0.25) is 0 Å². The van der Waals surface area contributed by atoms with E-state index in [2.05, 4.69) is 25.7 Å². The number of nitrogens with two attached hydrogens (primary N) is 1. The Kier molecular flexibility index (Phi) is 4.68. The minimum Gasteiger partial charge on any atom is -0.377 e. The largest absolute Gasteiger partial charge is 0.377 e. The smallest absolute Gasteiger partial charge is 0.0597 e. The number of rotatable bonds is 4. The van der Waals surface area contributed by atoms with Crippen LogP contribution < -0.4 is 5.73 Å². The van der Waals surface area contributed by atoms with Gasteiger partial charge in [-0.3, -0.25) is 0 Å². The first-order chi connectivity index (χ1) is 8.45. The van der Waals surface area contributed by atoms with Crippen LogP contribution in [0.4, 0.5) is 0 Å². The van der Waals surface area contributed by atoms with Crippen LogP contribution in [-0.2, 0) is 4.74 Å². The van der Waals surface area contributed by atoms with E-state index >= 15 is 0 Å². The summed E-state index contributed by atoms with van der Waals surface area (Å²) < 4.78 is 5.96. The molecule has 106 valence electrons. The molecule has 2 rings (SSSR count). The van der Waals surface area contributed by atoms with Gasteiger partial charge in [0.05, 0.1) is 12.7 Å². The van der Waals surface area contributed by atoms with Gasteiger partial charge >= 0.3 is 0 Å². The lowest BCUT2D eigenvalue weighted by Gasteiger charge is -2.46. The Labute approximate surface area is 112 Å². The maximum atomic E-state index is 5.96.